The fourth-order valence-corrected chi connectivity index (χ4v) is 3.69. The predicted octanol–water partition coefficient (Wildman–Crippen LogP) is 1.82. The molecule has 28 heavy (non-hydrogen) atoms. The number of H-pyrrole nitrogens is 1. The Bertz CT molecular complexity index is 998. The SMILES string of the molecule is CN(Cc1cc2n(n1)CCCN(CC(=O)O)C2)Cc1nc2ccc(F)cc2[nH]1. The number of aryl methyl sites for hydroxylation is 1. The van der Waals surface area contributed by atoms with Crippen molar-refractivity contribution in [1.82, 2.24) is 29.5 Å². The van der Waals surface area contributed by atoms with E-state index in [4.69, 9.17) is 5.11 Å². The number of fused-ring (bicyclic) bond motifs is 2. The number of aliphatic carboxylic acids is 1. The van der Waals surface area contributed by atoms with Crippen molar-refractivity contribution in [2.45, 2.75) is 32.6 Å². The molecule has 0 saturated heterocycles. The highest BCUT2D eigenvalue weighted by molar-refractivity contribution is 5.74. The average Bonchev–Trinajstić information content (AvgIpc) is 3.11. The van der Waals surface area contributed by atoms with Crippen LogP contribution in [0.4, 0.5) is 4.39 Å². The van der Waals surface area contributed by atoms with Gasteiger partial charge in [0, 0.05) is 26.2 Å². The van der Waals surface area contributed by atoms with Gasteiger partial charge >= 0.3 is 5.97 Å². The molecule has 0 fully saturated rings. The number of aromatic nitrogens is 4. The van der Waals surface area contributed by atoms with Crippen molar-refractivity contribution < 1.29 is 14.3 Å². The second kappa shape index (κ2) is 7.69. The fraction of sp³-hybridized carbons (Fsp3) is 0.421. The van der Waals surface area contributed by atoms with Crippen LogP contribution in [-0.4, -0.2) is 60.8 Å². The van der Waals surface area contributed by atoms with E-state index in [1.807, 2.05) is 22.7 Å². The predicted molar refractivity (Wildman–Crippen MR) is 101 cm³/mol. The summed E-state index contributed by atoms with van der Waals surface area (Å²) in [6, 6.07) is 6.56. The topological polar surface area (TPSA) is 90.3 Å². The summed E-state index contributed by atoms with van der Waals surface area (Å²) in [5.74, 6) is -0.317. The third-order valence-electron chi connectivity index (χ3n) is 4.85. The van der Waals surface area contributed by atoms with Crippen molar-refractivity contribution in [3.05, 3.63) is 47.3 Å². The highest BCUT2D eigenvalue weighted by Crippen LogP contribution is 2.17. The fourth-order valence-electron chi connectivity index (χ4n) is 3.69. The lowest BCUT2D eigenvalue weighted by atomic mass is 10.3. The molecule has 9 heteroatoms. The smallest absolute Gasteiger partial charge is 0.317 e. The molecule has 2 N–H and O–H groups in total. The molecule has 3 aromatic rings. The number of halogens is 1. The summed E-state index contributed by atoms with van der Waals surface area (Å²) < 4.78 is 15.3. The lowest BCUT2D eigenvalue weighted by Gasteiger charge is -2.16. The monoisotopic (exact) mass is 386 g/mol. The molecule has 0 spiro atoms. The number of carbonyl (C=O) groups is 1. The number of nitrogens with zero attached hydrogens (tertiary/aromatic N) is 5. The van der Waals surface area contributed by atoms with Gasteiger partial charge in [-0.25, -0.2) is 9.37 Å². The van der Waals surface area contributed by atoms with E-state index in [2.05, 4.69) is 20.0 Å². The summed E-state index contributed by atoms with van der Waals surface area (Å²) in [4.78, 5) is 22.7. The van der Waals surface area contributed by atoms with Crippen LogP contribution in [0.15, 0.2) is 24.3 Å². The lowest BCUT2D eigenvalue weighted by molar-refractivity contribution is -0.138. The van der Waals surface area contributed by atoms with Crippen LogP contribution in [0, 0.1) is 5.82 Å². The minimum atomic E-state index is -0.807. The summed E-state index contributed by atoms with van der Waals surface area (Å²) >= 11 is 0. The van der Waals surface area contributed by atoms with Crippen molar-refractivity contribution >= 4 is 17.0 Å². The zero-order valence-electron chi connectivity index (χ0n) is 15.7. The molecule has 0 amide bonds. The molecule has 8 nitrogen and oxygen atoms in total. The number of rotatable bonds is 6. The minimum absolute atomic E-state index is 0.0487. The Morgan fingerprint density at radius 2 is 2.18 bits per heavy atom. The Hall–Kier alpha value is -2.78. The number of nitrogens with one attached hydrogen (secondary N) is 1. The molecule has 0 unspecified atom stereocenters. The van der Waals surface area contributed by atoms with Crippen molar-refractivity contribution in [3.63, 3.8) is 0 Å². The van der Waals surface area contributed by atoms with E-state index in [1.54, 1.807) is 6.07 Å². The maximum atomic E-state index is 13.3. The summed E-state index contributed by atoms with van der Waals surface area (Å²) in [6.07, 6.45) is 0.882. The van der Waals surface area contributed by atoms with Gasteiger partial charge in [-0.15, -0.1) is 0 Å². The Balaban J connectivity index is 1.42. The van der Waals surface area contributed by atoms with Gasteiger partial charge in [0.15, 0.2) is 0 Å². The van der Waals surface area contributed by atoms with Crippen molar-refractivity contribution in [1.29, 1.82) is 0 Å². The molecule has 1 aliphatic rings. The van der Waals surface area contributed by atoms with Crippen LogP contribution in [0.2, 0.25) is 0 Å². The highest BCUT2D eigenvalue weighted by atomic mass is 19.1. The average molecular weight is 386 g/mol. The van der Waals surface area contributed by atoms with Crippen molar-refractivity contribution in [2.75, 3.05) is 20.1 Å². The van der Waals surface area contributed by atoms with Crippen LogP contribution < -0.4 is 0 Å². The maximum Gasteiger partial charge on any atom is 0.317 e. The zero-order chi connectivity index (χ0) is 19.7. The molecular formula is C19H23FN6O2. The van der Waals surface area contributed by atoms with E-state index >= 15 is 0 Å². The van der Waals surface area contributed by atoms with Crippen LogP contribution in [0.5, 0.6) is 0 Å². The van der Waals surface area contributed by atoms with E-state index in [0.717, 1.165) is 42.2 Å². The normalized spacial score (nSPS) is 15.1. The third kappa shape index (κ3) is 4.20. The maximum absolute atomic E-state index is 13.3. The molecule has 0 aliphatic carbocycles. The zero-order valence-corrected chi connectivity index (χ0v) is 15.7. The molecule has 4 rings (SSSR count). The standard InChI is InChI=1S/C19H23FN6O2/c1-24(11-18-21-16-4-3-13(20)7-17(16)22-18)9-14-8-15-10-25(12-19(27)28)5-2-6-26(15)23-14/h3-4,7-8H,2,5-6,9-12H2,1H3,(H,21,22)(H,27,28). The van der Waals surface area contributed by atoms with Crippen LogP contribution >= 0.6 is 0 Å². The molecule has 0 saturated carbocycles. The molecule has 2 aromatic heterocycles. The van der Waals surface area contributed by atoms with Gasteiger partial charge in [-0.05, 0) is 37.7 Å². The molecular weight excluding hydrogens is 363 g/mol. The molecule has 1 aliphatic heterocycles. The van der Waals surface area contributed by atoms with Crippen LogP contribution in [0.1, 0.15) is 23.6 Å². The molecule has 148 valence electrons. The van der Waals surface area contributed by atoms with Crippen LogP contribution in [0.25, 0.3) is 11.0 Å². The largest absolute Gasteiger partial charge is 0.480 e. The summed E-state index contributed by atoms with van der Waals surface area (Å²) in [5, 5.41) is 13.7. The number of carboxylic acid groups (broad SMARTS) is 1. The minimum Gasteiger partial charge on any atom is -0.480 e. The first-order chi connectivity index (χ1) is 13.5. The van der Waals surface area contributed by atoms with Gasteiger partial charge in [0.2, 0.25) is 0 Å². The second-order valence-corrected chi connectivity index (χ2v) is 7.33. The van der Waals surface area contributed by atoms with Gasteiger partial charge in [0.05, 0.1) is 35.5 Å². The molecule has 0 bridgehead atoms. The first-order valence-electron chi connectivity index (χ1n) is 9.29. The van der Waals surface area contributed by atoms with E-state index in [-0.39, 0.29) is 12.4 Å². The molecule has 0 radical (unpaired) electrons. The third-order valence-corrected chi connectivity index (χ3v) is 4.85. The van der Waals surface area contributed by atoms with Crippen molar-refractivity contribution in [3.8, 4) is 0 Å². The van der Waals surface area contributed by atoms with Gasteiger partial charge in [-0.2, -0.15) is 5.10 Å². The molecule has 0 atom stereocenters. The molecule has 1 aromatic carbocycles. The summed E-state index contributed by atoms with van der Waals surface area (Å²) in [7, 11) is 1.98. The Labute approximate surface area is 161 Å². The Kier molecular flexibility index (Phi) is 5.10. The van der Waals surface area contributed by atoms with E-state index in [1.165, 1.54) is 12.1 Å². The number of carboxylic acids is 1. The van der Waals surface area contributed by atoms with Crippen molar-refractivity contribution in [2.24, 2.45) is 0 Å². The van der Waals surface area contributed by atoms with Gasteiger partial charge in [0.25, 0.3) is 0 Å². The number of hydrogen-bond acceptors (Lipinski definition) is 5. The number of aromatic amines is 1. The van der Waals surface area contributed by atoms with E-state index < -0.39 is 5.97 Å². The Morgan fingerprint density at radius 3 is 3.00 bits per heavy atom. The lowest BCUT2D eigenvalue weighted by Crippen LogP contribution is -2.29. The summed E-state index contributed by atoms with van der Waals surface area (Å²) in [6.45, 7) is 3.43. The number of hydrogen-bond donors (Lipinski definition) is 2. The first-order valence-corrected chi connectivity index (χ1v) is 9.29. The highest BCUT2D eigenvalue weighted by Gasteiger charge is 2.19. The van der Waals surface area contributed by atoms with Gasteiger partial charge in [-0.3, -0.25) is 19.3 Å². The quantitative estimate of drug-likeness (QED) is 0.672. The number of benzene rings is 1. The van der Waals surface area contributed by atoms with Gasteiger partial charge in [0.1, 0.15) is 11.6 Å². The van der Waals surface area contributed by atoms with Crippen LogP contribution in [-0.2, 0) is 31.0 Å². The second-order valence-electron chi connectivity index (χ2n) is 7.33. The van der Waals surface area contributed by atoms with Gasteiger partial charge in [-0.1, -0.05) is 0 Å². The number of imidazole rings is 1. The molecule has 3 heterocycles. The van der Waals surface area contributed by atoms with E-state index in [9.17, 15) is 9.18 Å². The first kappa shape index (κ1) is 18.6. The summed E-state index contributed by atoms with van der Waals surface area (Å²) in [5.41, 5.74) is 3.42. The van der Waals surface area contributed by atoms with E-state index in [0.29, 0.717) is 25.2 Å². The Morgan fingerprint density at radius 1 is 1.32 bits per heavy atom. The van der Waals surface area contributed by atoms with Crippen LogP contribution in [0.3, 0.4) is 0 Å². The van der Waals surface area contributed by atoms with Gasteiger partial charge < -0.3 is 10.1 Å².